The van der Waals surface area contributed by atoms with Crippen molar-refractivity contribution in [2.45, 2.75) is 0 Å². The zero-order valence-corrected chi connectivity index (χ0v) is 39.2. The molecule has 0 spiro atoms. The average Bonchev–Trinajstić information content (AvgIpc) is 3.43. The number of halogens is 4. The van der Waals surface area contributed by atoms with E-state index in [4.69, 9.17) is 0 Å². The number of nitriles is 2. The van der Waals surface area contributed by atoms with Crippen molar-refractivity contribution in [2.75, 3.05) is 9.80 Å². The van der Waals surface area contributed by atoms with Crippen LogP contribution in [0.5, 0.6) is 0 Å². The van der Waals surface area contributed by atoms with Crippen molar-refractivity contribution in [3.05, 3.63) is 265 Å². The molecule has 0 saturated heterocycles. The third-order valence-electron chi connectivity index (χ3n) is 13.6. The Hall–Kier alpha value is -10.0. The normalized spacial score (nSPS) is 11.2. The fourth-order valence-corrected chi connectivity index (χ4v) is 10.3. The summed E-state index contributed by atoms with van der Waals surface area (Å²) in [5.41, 5.74) is 10.6. The molecular formula is C66H38F4N4. The van der Waals surface area contributed by atoms with E-state index in [1.807, 2.05) is 97.1 Å². The van der Waals surface area contributed by atoms with E-state index in [1.54, 1.807) is 36.4 Å². The molecule has 0 unspecified atom stereocenters. The molecule has 0 heterocycles. The lowest BCUT2D eigenvalue weighted by Gasteiger charge is -2.30. The van der Waals surface area contributed by atoms with Crippen LogP contribution in [0.25, 0.3) is 76.8 Å². The molecule has 0 aromatic heterocycles. The predicted molar refractivity (Wildman–Crippen MR) is 291 cm³/mol. The fourth-order valence-electron chi connectivity index (χ4n) is 10.3. The number of nitrogens with zero attached hydrogens (tertiary/aromatic N) is 4. The summed E-state index contributed by atoms with van der Waals surface area (Å²) in [5, 5.41) is 26.1. The first kappa shape index (κ1) is 45.1. The SMILES string of the molecule is N#Cc1cccc(N(c2cc(-c3cccc(F)c3)cc(-c3cccc(F)c3)c2)c2ccc3ccc4c(N(c5cccc(C#N)c5)c5cc(-c6cccc(F)c6)cc(-c6cccc(F)c6)c5)ccc5ccc2c3c54)c1. The minimum absolute atomic E-state index is 0.396. The monoisotopic (exact) mass is 962 g/mol. The van der Waals surface area contributed by atoms with Crippen LogP contribution in [0.2, 0.25) is 0 Å². The highest BCUT2D eigenvalue weighted by Gasteiger charge is 2.24. The summed E-state index contributed by atoms with van der Waals surface area (Å²) in [6.45, 7) is 0. The van der Waals surface area contributed by atoms with Crippen molar-refractivity contribution in [1.29, 1.82) is 10.5 Å². The summed E-state index contributed by atoms with van der Waals surface area (Å²) in [6, 6.07) is 73.3. The van der Waals surface area contributed by atoms with Crippen molar-refractivity contribution in [3.8, 4) is 56.6 Å². The molecule has 0 bridgehead atoms. The lowest BCUT2D eigenvalue weighted by atomic mass is 9.91. The topological polar surface area (TPSA) is 54.1 Å². The second-order valence-corrected chi connectivity index (χ2v) is 18.2. The summed E-state index contributed by atoms with van der Waals surface area (Å²) < 4.78 is 59.8. The first-order valence-electron chi connectivity index (χ1n) is 23.8. The van der Waals surface area contributed by atoms with Gasteiger partial charge in [-0.15, -0.1) is 0 Å². The number of benzene rings is 12. The van der Waals surface area contributed by atoms with Crippen LogP contribution in [0, 0.1) is 45.9 Å². The molecule has 0 N–H and O–H groups in total. The van der Waals surface area contributed by atoms with Gasteiger partial charge in [0, 0.05) is 33.5 Å². The minimum Gasteiger partial charge on any atom is -0.310 e. The average molecular weight is 963 g/mol. The molecule has 0 saturated carbocycles. The molecule has 0 fully saturated rings. The van der Waals surface area contributed by atoms with E-state index in [0.717, 1.165) is 43.7 Å². The molecule has 0 amide bonds. The Labute approximate surface area is 424 Å². The Morgan fingerprint density at radius 3 is 0.932 bits per heavy atom. The largest absolute Gasteiger partial charge is 0.310 e. The number of hydrogen-bond donors (Lipinski definition) is 0. The van der Waals surface area contributed by atoms with Gasteiger partial charge in [-0.3, -0.25) is 0 Å². The lowest BCUT2D eigenvalue weighted by molar-refractivity contribution is 0.628. The van der Waals surface area contributed by atoms with Crippen LogP contribution in [-0.2, 0) is 0 Å². The van der Waals surface area contributed by atoms with Crippen molar-refractivity contribution in [3.63, 3.8) is 0 Å². The van der Waals surface area contributed by atoms with Crippen molar-refractivity contribution in [2.24, 2.45) is 0 Å². The molecule has 0 aliphatic carbocycles. The van der Waals surface area contributed by atoms with Gasteiger partial charge in [-0.2, -0.15) is 10.5 Å². The molecule has 12 rings (SSSR count). The Bertz CT molecular complexity index is 3860. The number of rotatable bonds is 10. The van der Waals surface area contributed by atoms with Crippen LogP contribution in [0.1, 0.15) is 11.1 Å². The second-order valence-electron chi connectivity index (χ2n) is 18.2. The third kappa shape index (κ3) is 8.37. The van der Waals surface area contributed by atoms with Gasteiger partial charge in [-0.05, 0) is 200 Å². The van der Waals surface area contributed by atoms with Gasteiger partial charge < -0.3 is 9.80 Å². The highest BCUT2D eigenvalue weighted by atomic mass is 19.1. The molecule has 12 aromatic rings. The van der Waals surface area contributed by atoms with E-state index < -0.39 is 23.3 Å². The zero-order valence-electron chi connectivity index (χ0n) is 39.2. The van der Waals surface area contributed by atoms with Gasteiger partial charge >= 0.3 is 0 Å². The van der Waals surface area contributed by atoms with E-state index >= 15 is 0 Å². The van der Waals surface area contributed by atoms with Crippen LogP contribution in [0.4, 0.5) is 51.7 Å². The molecule has 74 heavy (non-hydrogen) atoms. The van der Waals surface area contributed by atoms with Gasteiger partial charge in [0.25, 0.3) is 0 Å². The minimum atomic E-state index is -0.396. The Morgan fingerprint density at radius 2 is 0.608 bits per heavy atom. The van der Waals surface area contributed by atoms with E-state index in [-0.39, 0.29) is 0 Å². The quantitative estimate of drug-likeness (QED) is 0.101. The van der Waals surface area contributed by atoms with E-state index in [2.05, 4.69) is 70.5 Å². The highest BCUT2D eigenvalue weighted by molar-refractivity contribution is 6.28. The molecular weight excluding hydrogens is 925 g/mol. The molecule has 0 aliphatic heterocycles. The molecule has 4 nitrogen and oxygen atoms in total. The van der Waals surface area contributed by atoms with Crippen LogP contribution < -0.4 is 9.80 Å². The van der Waals surface area contributed by atoms with Crippen molar-refractivity contribution in [1.82, 2.24) is 0 Å². The first-order valence-corrected chi connectivity index (χ1v) is 23.8. The maximum Gasteiger partial charge on any atom is 0.123 e. The van der Waals surface area contributed by atoms with Crippen LogP contribution in [0.3, 0.4) is 0 Å². The smallest absolute Gasteiger partial charge is 0.123 e. The van der Waals surface area contributed by atoms with E-state index in [9.17, 15) is 28.1 Å². The van der Waals surface area contributed by atoms with Crippen LogP contribution in [-0.4, -0.2) is 0 Å². The number of anilines is 6. The summed E-state index contributed by atoms with van der Waals surface area (Å²) >= 11 is 0. The Kier molecular flexibility index (Phi) is 11.4. The van der Waals surface area contributed by atoms with Crippen LogP contribution >= 0.6 is 0 Å². The Morgan fingerprint density at radius 1 is 0.284 bits per heavy atom. The van der Waals surface area contributed by atoms with E-state index in [0.29, 0.717) is 78.4 Å². The molecule has 350 valence electrons. The number of hydrogen-bond acceptors (Lipinski definition) is 4. The predicted octanol–water partition coefficient (Wildman–Crippen LogP) is 18.5. The molecule has 12 aromatic carbocycles. The van der Waals surface area contributed by atoms with Gasteiger partial charge in [0.15, 0.2) is 0 Å². The van der Waals surface area contributed by atoms with Crippen molar-refractivity contribution >= 4 is 66.4 Å². The van der Waals surface area contributed by atoms with Gasteiger partial charge in [0.05, 0.1) is 34.6 Å². The summed E-state index contributed by atoms with van der Waals surface area (Å²) in [4.78, 5) is 4.18. The molecule has 0 atom stereocenters. The summed E-state index contributed by atoms with van der Waals surface area (Å²) in [7, 11) is 0. The summed E-state index contributed by atoms with van der Waals surface area (Å²) in [5.74, 6) is -1.58. The van der Waals surface area contributed by atoms with Gasteiger partial charge in [0.2, 0.25) is 0 Å². The maximum atomic E-state index is 15.0. The van der Waals surface area contributed by atoms with E-state index in [1.165, 1.54) is 48.5 Å². The maximum absolute atomic E-state index is 15.0. The lowest BCUT2D eigenvalue weighted by Crippen LogP contribution is -2.12. The molecule has 0 radical (unpaired) electrons. The van der Waals surface area contributed by atoms with Gasteiger partial charge in [-0.1, -0.05) is 97.1 Å². The van der Waals surface area contributed by atoms with Crippen molar-refractivity contribution < 1.29 is 17.6 Å². The van der Waals surface area contributed by atoms with Gasteiger partial charge in [0.1, 0.15) is 23.3 Å². The summed E-state index contributed by atoms with van der Waals surface area (Å²) in [6.07, 6.45) is 0. The second kappa shape index (κ2) is 18.6. The first-order chi connectivity index (χ1) is 36.2. The molecule has 8 heteroatoms. The standard InChI is InChI=1S/C66H38F4N4/c67-53-13-3-9-45(31-53)49-29-50(46-10-4-14-54(68)32-46)36-59(35-49)73(57-17-1-7-41(27-57)39-71)63-25-21-43-20-24-62-64(26-22-44-19-23-61(63)65(43)66(44)62)74(58-18-2-8-42(28-58)40-72)60-37-51(47-11-5-15-55(69)33-47)30-52(38-60)48-12-6-16-56(70)34-48/h1-38H. The van der Waals surface area contributed by atoms with Crippen LogP contribution in [0.15, 0.2) is 231 Å². The third-order valence-corrected chi connectivity index (χ3v) is 13.6. The zero-order chi connectivity index (χ0) is 50.5. The Balaban J connectivity index is 1.12. The highest BCUT2D eigenvalue weighted by Crippen LogP contribution is 2.49. The fraction of sp³-hybridized carbons (Fsp3) is 0. The molecule has 0 aliphatic rings. The van der Waals surface area contributed by atoms with Gasteiger partial charge in [-0.25, -0.2) is 17.6 Å².